The monoisotopic (exact) mass is 350 g/mol. The molecule has 0 radical (unpaired) electrons. The molecular formula is C14H11ClN4O5. The van der Waals surface area contributed by atoms with Gasteiger partial charge in [-0.25, -0.2) is 4.98 Å². The van der Waals surface area contributed by atoms with Crippen LogP contribution < -0.4 is 15.8 Å². The van der Waals surface area contributed by atoms with E-state index in [1.165, 1.54) is 24.3 Å². The Morgan fingerprint density at radius 3 is 2.54 bits per heavy atom. The van der Waals surface area contributed by atoms with E-state index in [1.807, 2.05) is 0 Å². The van der Waals surface area contributed by atoms with Gasteiger partial charge in [-0.15, -0.1) is 0 Å². The summed E-state index contributed by atoms with van der Waals surface area (Å²) in [4.78, 5) is 52.2. The molecule has 1 aromatic heterocycles. The minimum Gasteiger partial charge on any atom is -0.480 e. The van der Waals surface area contributed by atoms with Crippen molar-refractivity contribution in [3.63, 3.8) is 0 Å². The van der Waals surface area contributed by atoms with Crippen LogP contribution in [-0.2, 0) is 9.59 Å². The Morgan fingerprint density at radius 1 is 1.33 bits per heavy atom. The number of carbonyl (C=O) groups is 3. The number of nitrogens with zero attached hydrogens (tertiary/aromatic N) is 2. The van der Waals surface area contributed by atoms with Gasteiger partial charge in [0.2, 0.25) is 12.4 Å². The van der Waals surface area contributed by atoms with Crippen molar-refractivity contribution in [2.24, 2.45) is 0 Å². The van der Waals surface area contributed by atoms with E-state index < -0.39 is 24.0 Å². The number of benzene rings is 1. The maximum atomic E-state index is 12.0. The number of nitrogens with one attached hydrogen (secondary N) is 2. The molecule has 0 aliphatic heterocycles. The number of anilines is 2. The first-order valence-corrected chi connectivity index (χ1v) is 6.88. The molecule has 3 N–H and O–H groups in total. The Labute approximate surface area is 139 Å². The van der Waals surface area contributed by atoms with Crippen LogP contribution in [0.15, 0.2) is 35.3 Å². The normalized spacial score (nSPS) is 10.0. The Balaban J connectivity index is 2.18. The summed E-state index contributed by atoms with van der Waals surface area (Å²) in [7, 11) is 0. The molecule has 0 saturated heterocycles. The van der Waals surface area contributed by atoms with Crippen LogP contribution in [0.25, 0.3) is 0 Å². The summed E-state index contributed by atoms with van der Waals surface area (Å²) in [5.41, 5.74) is -0.729. The molecular weight excluding hydrogens is 340 g/mol. The van der Waals surface area contributed by atoms with E-state index in [1.54, 1.807) is 0 Å². The van der Waals surface area contributed by atoms with E-state index in [2.05, 4.69) is 15.3 Å². The fraction of sp³-hybridized carbons (Fsp3) is 0.0714. The van der Waals surface area contributed by atoms with Crippen molar-refractivity contribution in [3.8, 4) is 0 Å². The summed E-state index contributed by atoms with van der Waals surface area (Å²) in [6, 6.07) is 6.05. The van der Waals surface area contributed by atoms with E-state index in [0.717, 1.165) is 6.20 Å². The smallest absolute Gasteiger partial charge is 0.323 e. The first kappa shape index (κ1) is 17.2. The van der Waals surface area contributed by atoms with E-state index >= 15 is 0 Å². The number of aromatic amines is 1. The number of hydrogen-bond acceptors (Lipinski definition) is 5. The largest absolute Gasteiger partial charge is 0.480 e. The zero-order chi connectivity index (χ0) is 17.7. The van der Waals surface area contributed by atoms with E-state index in [4.69, 9.17) is 16.7 Å². The predicted octanol–water partition coefficient (Wildman–Crippen LogP) is 0.723. The second-order valence-electron chi connectivity index (χ2n) is 4.53. The van der Waals surface area contributed by atoms with Crippen LogP contribution in [0.5, 0.6) is 0 Å². The minimum atomic E-state index is -1.29. The summed E-state index contributed by atoms with van der Waals surface area (Å²) in [5, 5.41) is 11.5. The summed E-state index contributed by atoms with van der Waals surface area (Å²) < 4.78 is 0. The van der Waals surface area contributed by atoms with Gasteiger partial charge in [0.25, 0.3) is 11.5 Å². The third kappa shape index (κ3) is 4.17. The lowest BCUT2D eigenvalue weighted by atomic mass is 10.2. The van der Waals surface area contributed by atoms with Crippen LogP contribution >= 0.6 is 11.6 Å². The zero-order valence-corrected chi connectivity index (χ0v) is 12.8. The van der Waals surface area contributed by atoms with E-state index in [9.17, 15) is 19.2 Å². The third-order valence-electron chi connectivity index (χ3n) is 2.86. The summed E-state index contributed by atoms with van der Waals surface area (Å²) >= 11 is 5.73. The molecule has 2 rings (SSSR count). The molecule has 0 aliphatic rings. The lowest BCUT2D eigenvalue weighted by molar-refractivity contribution is -0.136. The Bertz CT molecular complexity index is 834. The average Bonchev–Trinajstić information content (AvgIpc) is 2.53. The van der Waals surface area contributed by atoms with Crippen LogP contribution in [0.2, 0.25) is 5.02 Å². The van der Waals surface area contributed by atoms with E-state index in [-0.39, 0.29) is 18.0 Å². The van der Waals surface area contributed by atoms with Crippen LogP contribution in [-0.4, -0.2) is 39.9 Å². The highest BCUT2D eigenvalue weighted by atomic mass is 35.5. The second-order valence-corrected chi connectivity index (χ2v) is 4.97. The Kier molecular flexibility index (Phi) is 5.27. The number of aromatic nitrogens is 2. The first-order chi connectivity index (χ1) is 11.4. The Hall–Kier alpha value is -3.20. The molecule has 0 unspecified atom stereocenters. The number of hydrogen-bond donors (Lipinski definition) is 3. The number of carboxylic acid groups (broad SMARTS) is 1. The van der Waals surface area contributed by atoms with Gasteiger partial charge in [0, 0.05) is 10.6 Å². The lowest BCUT2D eigenvalue weighted by Crippen LogP contribution is -2.33. The highest BCUT2D eigenvalue weighted by molar-refractivity contribution is 6.30. The molecule has 0 fully saturated rings. The van der Waals surface area contributed by atoms with E-state index in [0.29, 0.717) is 15.5 Å². The van der Waals surface area contributed by atoms with Crippen molar-refractivity contribution in [2.75, 3.05) is 16.8 Å². The standard InChI is InChI=1S/C14H11ClN4O5/c15-9-3-1-8(2-4-9)12(23)17-14-16-5-10(13(24)18-14)19(7-20)6-11(21)22/h1-5,7H,6H2,(H,21,22)(H2,16,17,18,23,24). The number of carboxylic acids is 1. The van der Waals surface area contributed by atoms with Gasteiger partial charge in [-0.1, -0.05) is 11.6 Å². The highest BCUT2D eigenvalue weighted by Crippen LogP contribution is 2.11. The van der Waals surface area contributed by atoms with Crippen molar-refractivity contribution < 1.29 is 19.5 Å². The fourth-order valence-electron chi connectivity index (χ4n) is 1.76. The molecule has 124 valence electrons. The van der Waals surface area contributed by atoms with Gasteiger partial charge in [0.15, 0.2) is 0 Å². The molecule has 2 aromatic rings. The van der Waals surface area contributed by atoms with Crippen LogP contribution in [0.3, 0.4) is 0 Å². The van der Waals surface area contributed by atoms with Crippen molar-refractivity contribution in [3.05, 3.63) is 51.4 Å². The SMILES string of the molecule is O=CN(CC(=O)O)c1cnc(NC(=O)c2ccc(Cl)cc2)[nH]c1=O. The molecule has 2 amide bonds. The summed E-state index contributed by atoms with van der Waals surface area (Å²) in [6.45, 7) is -0.690. The molecule has 9 nitrogen and oxygen atoms in total. The van der Waals surface area contributed by atoms with Crippen molar-refractivity contribution >= 4 is 41.5 Å². The number of halogens is 1. The maximum Gasteiger partial charge on any atom is 0.323 e. The predicted molar refractivity (Wildman–Crippen MR) is 85.3 cm³/mol. The quantitative estimate of drug-likeness (QED) is 0.657. The molecule has 0 spiro atoms. The third-order valence-corrected chi connectivity index (χ3v) is 3.11. The van der Waals surface area contributed by atoms with Gasteiger partial charge in [-0.05, 0) is 24.3 Å². The van der Waals surface area contributed by atoms with Crippen LogP contribution in [0, 0.1) is 0 Å². The van der Waals surface area contributed by atoms with Gasteiger partial charge >= 0.3 is 5.97 Å². The van der Waals surface area contributed by atoms with Crippen molar-refractivity contribution in [2.45, 2.75) is 0 Å². The average molecular weight is 351 g/mol. The number of aliphatic carboxylic acids is 1. The van der Waals surface area contributed by atoms with Gasteiger partial charge < -0.3 is 5.11 Å². The molecule has 10 heteroatoms. The second kappa shape index (κ2) is 7.38. The number of rotatable bonds is 6. The Morgan fingerprint density at radius 2 is 2.00 bits per heavy atom. The topological polar surface area (TPSA) is 132 Å². The molecule has 0 atom stereocenters. The van der Waals surface area contributed by atoms with Crippen LogP contribution in [0.4, 0.5) is 11.6 Å². The molecule has 1 heterocycles. The maximum absolute atomic E-state index is 12.0. The first-order valence-electron chi connectivity index (χ1n) is 6.50. The number of carbonyl (C=O) groups excluding carboxylic acids is 2. The van der Waals surface area contributed by atoms with Gasteiger partial charge in [-0.3, -0.25) is 34.4 Å². The lowest BCUT2D eigenvalue weighted by Gasteiger charge is -2.13. The highest BCUT2D eigenvalue weighted by Gasteiger charge is 2.15. The molecule has 0 bridgehead atoms. The molecule has 24 heavy (non-hydrogen) atoms. The summed E-state index contributed by atoms with van der Waals surface area (Å²) in [6.07, 6.45) is 1.19. The number of amides is 2. The number of H-pyrrole nitrogens is 1. The van der Waals surface area contributed by atoms with Crippen LogP contribution in [0.1, 0.15) is 10.4 Å². The summed E-state index contributed by atoms with van der Waals surface area (Å²) in [5.74, 6) is -1.97. The van der Waals surface area contributed by atoms with Gasteiger partial charge in [0.1, 0.15) is 12.2 Å². The van der Waals surface area contributed by atoms with Crippen molar-refractivity contribution in [1.29, 1.82) is 0 Å². The van der Waals surface area contributed by atoms with Gasteiger partial charge in [0.05, 0.1) is 6.20 Å². The molecule has 1 aromatic carbocycles. The zero-order valence-electron chi connectivity index (χ0n) is 12.0. The van der Waals surface area contributed by atoms with Gasteiger partial charge in [-0.2, -0.15) is 0 Å². The molecule has 0 aliphatic carbocycles. The van der Waals surface area contributed by atoms with Crippen molar-refractivity contribution in [1.82, 2.24) is 9.97 Å². The molecule has 0 saturated carbocycles. The minimum absolute atomic E-state index is 0.148. The fourth-order valence-corrected chi connectivity index (χ4v) is 1.89.